The van der Waals surface area contributed by atoms with Gasteiger partial charge in [-0.05, 0) is 25.0 Å². The van der Waals surface area contributed by atoms with Crippen LogP contribution in [0.15, 0.2) is 30.5 Å². The molecule has 3 rings (SSSR count). The van der Waals surface area contributed by atoms with Crippen molar-refractivity contribution in [1.82, 2.24) is 9.78 Å². The van der Waals surface area contributed by atoms with Crippen molar-refractivity contribution >= 4 is 11.6 Å². The molecular formula is C18H24N4O2. The number of primary amides is 1. The maximum absolute atomic E-state index is 10.8. The third kappa shape index (κ3) is 4.07. The summed E-state index contributed by atoms with van der Waals surface area (Å²) in [5.41, 5.74) is 8.51. The van der Waals surface area contributed by atoms with E-state index in [1.165, 1.54) is 36.9 Å². The fourth-order valence-corrected chi connectivity index (χ4v) is 3.28. The van der Waals surface area contributed by atoms with Gasteiger partial charge in [-0.2, -0.15) is 5.10 Å². The number of nitrogens with zero attached hydrogens (tertiary/aromatic N) is 2. The van der Waals surface area contributed by atoms with E-state index in [0.717, 1.165) is 12.2 Å². The second-order valence-corrected chi connectivity index (χ2v) is 6.33. The second kappa shape index (κ2) is 7.38. The normalized spacial score (nSPS) is 14.7. The van der Waals surface area contributed by atoms with Gasteiger partial charge in [0.25, 0.3) is 5.91 Å². The minimum atomic E-state index is -0.482. The number of carbonyl (C=O) groups excluding carboxylic acids is 1. The lowest BCUT2D eigenvalue weighted by molar-refractivity contribution is -0.119. The predicted octanol–water partition coefficient (Wildman–Crippen LogP) is 2.55. The largest absolute Gasteiger partial charge is 0.484 e. The maximum atomic E-state index is 10.8. The molecule has 2 aromatic rings. The number of nitrogens with two attached hydrogens (primary N) is 1. The highest BCUT2D eigenvalue weighted by atomic mass is 16.5. The first-order chi connectivity index (χ1) is 11.6. The molecule has 1 heterocycles. The molecule has 6 nitrogen and oxygen atoms in total. The molecule has 1 amide bonds. The van der Waals surface area contributed by atoms with E-state index in [9.17, 15) is 4.79 Å². The van der Waals surface area contributed by atoms with Gasteiger partial charge in [0, 0.05) is 43.0 Å². The first-order valence-electron chi connectivity index (χ1n) is 8.39. The molecule has 1 aliphatic rings. The van der Waals surface area contributed by atoms with Gasteiger partial charge in [0.1, 0.15) is 5.75 Å². The third-order valence-electron chi connectivity index (χ3n) is 4.38. The Labute approximate surface area is 142 Å². The van der Waals surface area contributed by atoms with Crippen molar-refractivity contribution in [2.24, 2.45) is 12.8 Å². The summed E-state index contributed by atoms with van der Waals surface area (Å²) >= 11 is 0. The molecule has 0 radical (unpaired) electrons. The summed E-state index contributed by atoms with van der Waals surface area (Å²) in [7, 11) is 1.97. The minimum Gasteiger partial charge on any atom is -0.484 e. The van der Waals surface area contributed by atoms with Gasteiger partial charge in [0.2, 0.25) is 0 Å². The van der Waals surface area contributed by atoms with E-state index in [1.807, 2.05) is 36.0 Å². The minimum absolute atomic E-state index is 0.113. The highest BCUT2D eigenvalue weighted by Crippen LogP contribution is 2.35. The van der Waals surface area contributed by atoms with E-state index in [4.69, 9.17) is 10.5 Å². The van der Waals surface area contributed by atoms with Crippen LogP contribution in [0.4, 0.5) is 5.69 Å². The number of amides is 1. The summed E-state index contributed by atoms with van der Waals surface area (Å²) in [5, 5.41) is 8.09. The van der Waals surface area contributed by atoms with E-state index in [2.05, 4.69) is 16.6 Å². The van der Waals surface area contributed by atoms with Gasteiger partial charge in [-0.15, -0.1) is 0 Å². The fourth-order valence-electron chi connectivity index (χ4n) is 3.28. The van der Waals surface area contributed by atoms with Crippen LogP contribution in [0, 0.1) is 0 Å². The molecule has 6 heteroatoms. The zero-order chi connectivity index (χ0) is 16.9. The van der Waals surface area contributed by atoms with Gasteiger partial charge in [0.15, 0.2) is 6.61 Å². The first-order valence-corrected chi connectivity index (χ1v) is 8.39. The Kier molecular flexibility index (Phi) is 5.03. The summed E-state index contributed by atoms with van der Waals surface area (Å²) in [6.45, 7) is 0.608. The molecule has 0 spiro atoms. The molecule has 1 aromatic heterocycles. The van der Waals surface area contributed by atoms with Gasteiger partial charge >= 0.3 is 0 Å². The molecule has 128 valence electrons. The first kappa shape index (κ1) is 16.4. The Morgan fingerprint density at radius 2 is 2.21 bits per heavy atom. The number of hydrogen-bond donors (Lipinski definition) is 2. The van der Waals surface area contributed by atoms with Crippen molar-refractivity contribution in [3.05, 3.63) is 41.7 Å². The van der Waals surface area contributed by atoms with Crippen molar-refractivity contribution in [2.45, 2.75) is 38.1 Å². The fraction of sp³-hybridized carbons (Fsp3) is 0.444. The monoisotopic (exact) mass is 328 g/mol. The molecule has 1 saturated carbocycles. The topological polar surface area (TPSA) is 82.2 Å². The highest BCUT2D eigenvalue weighted by Gasteiger charge is 2.22. The maximum Gasteiger partial charge on any atom is 0.255 e. The van der Waals surface area contributed by atoms with Gasteiger partial charge in [-0.3, -0.25) is 9.48 Å². The SMILES string of the molecule is Cn1cc(CNc2cccc(OCC(N)=O)c2)c(C2CCCC2)n1. The smallest absolute Gasteiger partial charge is 0.255 e. The van der Waals surface area contributed by atoms with Crippen molar-refractivity contribution < 1.29 is 9.53 Å². The van der Waals surface area contributed by atoms with Crippen LogP contribution in [0.5, 0.6) is 5.75 Å². The Hall–Kier alpha value is -2.50. The lowest BCUT2D eigenvalue weighted by Gasteiger charge is -2.11. The molecule has 0 saturated heterocycles. The van der Waals surface area contributed by atoms with Gasteiger partial charge in [-0.25, -0.2) is 0 Å². The molecule has 1 aliphatic carbocycles. The lowest BCUT2D eigenvalue weighted by atomic mass is 10.0. The van der Waals surface area contributed by atoms with E-state index in [0.29, 0.717) is 11.7 Å². The number of aryl methyl sites for hydroxylation is 1. The Balaban J connectivity index is 1.65. The Bertz CT molecular complexity index is 705. The standard InChI is InChI=1S/C18H24N4O2/c1-22-11-14(18(21-22)13-5-2-3-6-13)10-20-15-7-4-8-16(9-15)24-12-17(19)23/h4,7-9,11,13,20H,2-3,5-6,10,12H2,1H3,(H2,19,23). The number of hydrogen-bond acceptors (Lipinski definition) is 4. The second-order valence-electron chi connectivity index (χ2n) is 6.33. The summed E-state index contributed by atoms with van der Waals surface area (Å²) < 4.78 is 7.24. The van der Waals surface area contributed by atoms with Crippen LogP contribution in [0.2, 0.25) is 0 Å². The third-order valence-corrected chi connectivity index (χ3v) is 4.38. The number of anilines is 1. The average molecular weight is 328 g/mol. The summed E-state index contributed by atoms with van der Waals surface area (Å²) in [4.78, 5) is 10.8. The zero-order valence-electron chi connectivity index (χ0n) is 14.0. The van der Waals surface area contributed by atoms with Crippen LogP contribution in [0.25, 0.3) is 0 Å². The average Bonchev–Trinajstić information content (AvgIpc) is 3.20. The quantitative estimate of drug-likeness (QED) is 0.818. The molecule has 0 bridgehead atoms. The Morgan fingerprint density at radius 1 is 1.42 bits per heavy atom. The number of carbonyl (C=O) groups is 1. The molecule has 0 unspecified atom stereocenters. The van der Waals surface area contributed by atoms with E-state index in [1.54, 1.807) is 0 Å². The van der Waals surface area contributed by atoms with E-state index < -0.39 is 5.91 Å². The van der Waals surface area contributed by atoms with Crippen LogP contribution in [0.1, 0.15) is 42.9 Å². The van der Waals surface area contributed by atoms with Crippen LogP contribution in [-0.4, -0.2) is 22.3 Å². The van der Waals surface area contributed by atoms with Crippen molar-refractivity contribution in [3.63, 3.8) is 0 Å². The number of rotatable bonds is 7. The summed E-state index contributed by atoms with van der Waals surface area (Å²) in [6, 6.07) is 7.54. The van der Waals surface area contributed by atoms with Crippen molar-refractivity contribution in [3.8, 4) is 5.75 Å². The molecule has 1 aromatic carbocycles. The molecule has 1 fully saturated rings. The highest BCUT2D eigenvalue weighted by molar-refractivity contribution is 5.75. The van der Waals surface area contributed by atoms with Gasteiger partial charge in [-0.1, -0.05) is 18.9 Å². The number of nitrogens with one attached hydrogen (secondary N) is 1. The van der Waals surface area contributed by atoms with Crippen LogP contribution in [0.3, 0.4) is 0 Å². The molecular weight excluding hydrogens is 304 g/mol. The van der Waals surface area contributed by atoms with Crippen molar-refractivity contribution in [2.75, 3.05) is 11.9 Å². The van der Waals surface area contributed by atoms with E-state index in [-0.39, 0.29) is 6.61 Å². The summed E-state index contributed by atoms with van der Waals surface area (Å²) in [5.74, 6) is 0.735. The molecule has 24 heavy (non-hydrogen) atoms. The molecule has 0 aliphatic heterocycles. The van der Waals surface area contributed by atoms with Crippen LogP contribution >= 0.6 is 0 Å². The van der Waals surface area contributed by atoms with E-state index >= 15 is 0 Å². The zero-order valence-corrected chi connectivity index (χ0v) is 14.0. The Morgan fingerprint density at radius 3 is 2.96 bits per heavy atom. The molecule has 3 N–H and O–H groups in total. The number of aromatic nitrogens is 2. The lowest BCUT2D eigenvalue weighted by Crippen LogP contribution is -2.20. The van der Waals surface area contributed by atoms with Crippen LogP contribution < -0.4 is 15.8 Å². The summed E-state index contributed by atoms with van der Waals surface area (Å²) in [6.07, 6.45) is 7.16. The molecule has 0 atom stereocenters. The number of benzene rings is 1. The van der Waals surface area contributed by atoms with Crippen LogP contribution in [-0.2, 0) is 18.4 Å². The predicted molar refractivity (Wildman–Crippen MR) is 92.9 cm³/mol. The number of ether oxygens (including phenoxy) is 1. The van der Waals surface area contributed by atoms with Gasteiger partial charge in [0.05, 0.1) is 5.69 Å². The van der Waals surface area contributed by atoms with Crippen molar-refractivity contribution in [1.29, 1.82) is 0 Å². The van der Waals surface area contributed by atoms with Gasteiger partial charge < -0.3 is 15.8 Å².